The van der Waals surface area contributed by atoms with Crippen molar-refractivity contribution in [1.29, 1.82) is 0 Å². The Morgan fingerprint density at radius 3 is 2.37 bits per heavy atom. The zero-order chi connectivity index (χ0) is 21.9. The highest BCUT2D eigenvalue weighted by Gasteiger charge is 2.21. The van der Waals surface area contributed by atoms with Crippen molar-refractivity contribution < 1.29 is 26.0 Å². The second-order valence-corrected chi connectivity index (χ2v) is 10.7. The Bertz CT molecular complexity index is 1300. The predicted octanol–water partition coefficient (Wildman–Crippen LogP) is 2.96. The molecular weight excluding hydrogens is 477 g/mol. The molecule has 2 aromatic carbocycles. The third-order valence-corrected chi connectivity index (χ3v) is 7.97. The van der Waals surface area contributed by atoms with Crippen LogP contribution in [0.25, 0.3) is 0 Å². The lowest BCUT2D eigenvalue weighted by Crippen LogP contribution is -2.41. The van der Waals surface area contributed by atoms with Crippen molar-refractivity contribution in [3.05, 3.63) is 76.4 Å². The van der Waals surface area contributed by atoms with Gasteiger partial charge in [0.25, 0.3) is 26.0 Å². The molecule has 0 radical (unpaired) electrons. The summed E-state index contributed by atoms with van der Waals surface area (Å²) in [6, 6.07) is 11.3. The van der Waals surface area contributed by atoms with Crippen LogP contribution >= 0.6 is 22.9 Å². The van der Waals surface area contributed by atoms with Gasteiger partial charge in [0.1, 0.15) is 10.0 Å². The molecule has 0 unspecified atom stereocenters. The molecule has 1 heterocycles. The van der Waals surface area contributed by atoms with Gasteiger partial charge in [0.2, 0.25) is 0 Å². The molecule has 0 saturated carbocycles. The standard InChI is InChI=1S/C17H13ClFN3O5S3/c18-13-10-11(7-8-14(13)19)29(24,25)22-20-17(23)12-4-1-2-5-15(12)21-30(26,27)16-6-3-9-28-16/h1-10,21-22H,(H,20,23). The molecule has 3 N–H and O–H groups in total. The highest BCUT2D eigenvalue weighted by molar-refractivity contribution is 7.94. The van der Waals surface area contributed by atoms with Crippen LogP contribution in [-0.4, -0.2) is 22.7 Å². The quantitative estimate of drug-likeness (QED) is 0.440. The fraction of sp³-hybridized carbons (Fsp3) is 0. The van der Waals surface area contributed by atoms with Crippen molar-refractivity contribution in [2.75, 3.05) is 4.72 Å². The lowest BCUT2D eigenvalue weighted by Gasteiger charge is -2.13. The molecule has 8 nitrogen and oxygen atoms in total. The molecule has 30 heavy (non-hydrogen) atoms. The zero-order valence-corrected chi connectivity index (χ0v) is 18.0. The van der Waals surface area contributed by atoms with Gasteiger partial charge in [-0.1, -0.05) is 29.8 Å². The summed E-state index contributed by atoms with van der Waals surface area (Å²) in [6.45, 7) is 0. The van der Waals surface area contributed by atoms with Gasteiger partial charge >= 0.3 is 0 Å². The molecular formula is C17H13ClFN3O5S3. The summed E-state index contributed by atoms with van der Waals surface area (Å²) in [6.07, 6.45) is 0. The minimum Gasteiger partial charge on any atom is -0.278 e. The molecule has 0 aliphatic heterocycles. The van der Waals surface area contributed by atoms with Crippen LogP contribution in [-0.2, 0) is 20.0 Å². The Morgan fingerprint density at radius 1 is 0.967 bits per heavy atom. The summed E-state index contributed by atoms with van der Waals surface area (Å²) in [5.74, 6) is -1.72. The fourth-order valence-electron chi connectivity index (χ4n) is 2.27. The van der Waals surface area contributed by atoms with Gasteiger partial charge in [-0.15, -0.1) is 16.2 Å². The Morgan fingerprint density at radius 2 is 1.70 bits per heavy atom. The maximum atomic E-state index is 13.2. The summed E-state index contributed by atoms with van der Waals surface area (Å²) < 4.78 is 65.0. The van der Waals surface area contributed by atoms with Gasteiger partial charge in [-0.05, 0) is 41.8 Å². The number of carbonyl (C=O) groups excluding carboxylic acids is 1. The van der Waals surface area contributed by atoms with Crippen LogP contribution in [0.15, 0.2) is 69.1 Å². The number of carbonyl (C=O) groups is 1. The second-order valence-electron chi connectivity index (χ2n) is 5.72. The number of hydrogen-bond acceptors (Lipinski definition) is 6. The average molecular weight is 490 g/mol. The van der Waals surface area contributed by atoms with Crippen molar-refractivity contribution in [2.45, 2.75) is 9.10 Å². The molecule has 13 heteroatoms. The molecule has 158 valence electrons. The molecule has 0 aliphatic carbocycles. The number of thiophene rings is 1. The number of amides is 1. The van der Waals surface area contributed by atoms with E-state index in [-0.39, 0.29) is 20.4 Å². The van der Waals surface area contributed by atoms with Gasteiger partial charge in [0.15, 0.2) is 0 Å². The largest absolute Gasteiger partial charge is 0.278 e. The summed E-state index contributed by atoms with van der Waals surface area (Å²) in [7, 11) is -8.18. The zero-order valence-electron chi connectivity index (χ0n) is 14.8. The second kappa shape index (κ2) is 8.70. The SMILES string of the molecule is O=C(NNS(=O)(=O)c1ccc(F)c(Cl)c1)c1ccccc1NS(=O)(=O)c1cccs1. The highest BCUT2D eigenvalue weighted by atomic mass is 35.5. The number of halogens is 2. The molecule has 0 spiro atoms. The molecule has 0 bridgehead atoms. The summed E-state index contributed by atoms with van der Waals surface area (Å²) in [5.41, 5.74) is 1.81. The van der Waals surface area contributed by atoms with E-state index in [9.17, 15) is 26.0 Å². The normalized spacial score (nSPS) is 11.8. The van der Waals surface area contributed by atoms with Gasteiger partial charge < -0.3 is 0 Å². The van der Waals surface area contributed by atoms with Crippen molar-refractivity contribution in [3.8, 4) is 0 Å². The molecule has 1 amide bonds. The van der Waals surface area contributed by atoms with E-state index in [1.165, 1.54) is 30.3 Å². The third kappa shape index (κ3) is 4.96. The van der Waals surface area contributed by atoms with Crippen LogP contribution in [0, 0.1) is 5.82 Å². The molecule has 0 fully saturated rings. The summed E-state index contributed by atoms with van der Waals surface area (Å²) in [5, 5.41) is 1.18. The average Bonchev–Trinajstić information content (AvgIpc) is 3.24. The topological polar surface area (TPSA) is 121 Å². The molecule has 3 aromatic rings. The number of sulfonamides is 2. The molecule has 3 rings (SSSR count). The van der Waals surface area contributed by atoms with Gasteiger partial charge in [-0.25, -0.2) is 21.2 Å². The first-order chi connectivity index (χ1) is 14.1. The maximum absolute atomic E-state index is 13.2. The molecule has 0 atom stereocenters. The smallest absolute Gasteiger partial charge is 0.271 e. The van der Waals surface area contributed by atoms with E-state index in [2.05, 4.69) is 4.72 Å². The van der Waals surface area contributed by atoms with E-state index in [1.54, 1.807) is 11.4 Å². The number of nitrogens with one attached hydrogen (secondary N) is 3. The van der Waals surface area contributed by atoms with Gasteiger partial charge in [-0.2, -0.15) is 0 Å². The fourth-order valence-corrected chi connectivity index (χ4v) is 5.45. The van der Waals surface area contributed by atoms with E-state index < -0.39 is 36.8 Å². The molecule has 1 aromatic heterocycles. The minimum atomic E-state index is -4.26. The van der Waals surface area contributed by atoms with E-state index in [0.717, 1.165) is 29.5 Å². The lowest BCUT2D eigenvalue weighted by atomic mass is 10.2. The Kier molecular flexibility index (Phi) is 6.43. The van der Waals surface area contributed by atoms with Crippen molar-refractivity contribution in [3.63, 3.8) is 0 Å². The Labute approximate surface area is 180 Å². The van der Waals surface area contributed by atoms with Crippen LogP contribution in [0.1, 0.15) is 10.4 Å². The lowest BCUT2D eigenvalue weighted by molar-refractivity contribution is 0.0946. The number of anilines is 1. The number of benzene rings is 2. The Balaban J connectivity index is 1.79. The van der Waals surface area contributed by atoms with Crippen LogP contribution in [0.3, 0.4) is 0 Å². The van der Waals surface area contributed by atoms with Crippen LogP contribution in [0.4, 0.5) is 10.1 Å². The number of hydrazine groups is 1. The molecule has 0 aliphatic rings. The number of hydrogen-bond donors (Lipinski definition) is 3. The van der Waals surface area contributed by atoms with Gasteiger partial charge in [0.05, 0.1) is 21.2 Å². The third-order valence-electron chi connectivity index (χ3n) is 3.68. The van der Waals surface area contributed by atoms with Crippen LogP contribution in [0.5, 0.6) is 0 Å². The monoisotopic (exact) mass is 489 g/mol. The first-order valence-corrected chi connectivity index (χ1v) is 12.2. The van der Waals surface area contributed by atoms with E-state index >= 15 is 0 Å². The van der Waals surface area contributed by atoms with Crippen molar-refractivity contribution in [1.82, 2.24) is 10.3 Å². The van der Waals surface area contributed by atoms with Gasteiger partial charge in [0, 0.05) is 0 Å². The van der Waals surface area contributed by atoms with E-state index in [4.69, 9.17) is 11.6 Å². The van der Waals surface area contributed by atoms with E-state index in [1.807, 2.05) is 10.3 Å². The first kappa shape index (κ1) is 22.2. The Hall–Kier alpha value is -2.51. The van der Waals surface area contributed by atoms with E-state index in [0.29, 0.717) is 0 Å². The first-order valence-electron chi connectivity index (χ1n) is 8.03. The predicted molar refractivity (Wildman–Crippen MR) is 111 cm³/mol. The van der Waals surface area contributed by atoms with Crippen LogP contribution in [0.2, 0.25) is 5.02 Å². The number of rotatable bonds is 7. The number of para-hydroxylation sites is 1. The summed E-state index contributed by atoms with van der Waals surface area (Å²) in [4.78, 5) is 14.0. The van der Waals surface area contributed by atoms with Crippen LogP contribution < -0.4 is 15.0 Å². The van der Waals surface area contributed by atoms with Crippen molar-refractivity contribution >= 4 is 54.6 Å². The minimum absolute atomic E-state index is 0.0478. The highest BCUT2D eigenvalue weighted by Crippen LogP contribution is 2.23. The molecule has 0 saturated heterocycles. The van der Waals surface area contributed by atoms with Crippen molar-refractivity contribution in [2.24, 2.45) is 0 Å². The summed E-state index contributed by atoms with van der Waals surface area (Å²) >= 11 is 6.58. The van der Waals surface area contributed by atoms with Gasteiger partial charge in [-0.3, -0.25) is 14.9 Å². The maximum Gasteiger partial charge on any atom is 0.271 e.